The fourth-order valence-electron chi connectivity index (χ4n) is 0.400. The lowest BCUT2D eigenvalue weighted by Crippen LogP contribution is -1.72. The van der Waals surface area contributed by atoms with Crippen molar-refractivity contribution in [3.8, 4) is 0 Å². The Morgan fingerprint density at radius 1 is 1.88 bits per heavy atom. The Kier molecular flexibility index (Phi) is 1.60. The van der Waals surface area contributed by atoms with Crippen molar-refractivity contribution in [3.05, 3.63) is 28.6 Å². The van der Waals surface area contributed by atoms with Crippen LogP contribution in [-0.4, -0.2) is 4.37 Å². The second-order valence-corrected chi connectivity index (χ2v) is 1.97. The third-order valence-electron chi connectivity index (χ3n) is 0.732. The Balaban J connectivity index is 2.67. The fourth-order valence-corrected chi connectivity index (χ4v) is 0.933. The van der Waals surface area contributed by atoms with E-state index in [1.54, 1.807) is 0 Å². The molecule has 0 aliphatic carbocycles. The minimum absolute atomic E-state index is 0.420. The summed E-state index contributed by atoms with van der Waals surface area (Å²) >= 11 is 1.39. The first-order chi connectivity index (χ1) is 3.93. The summed E-state index contributed by atoms with van der Waals surface area (Å²) in [7, 11) is 0. The van der Waals surface area contributed by atoms with Crippen LogP contribution < -0.4 is 0 Å². The standard InChI is InChI=1S/C5H4N2S/c1-6-4-5-2-3-8-7-5/h2-3H,4H2. The molecule has 0 atom stereocenters. The van der Waals surface area contributed by atoms with Gasteiger partial charge in [0, 0.05) is 5.38 Å². The van der Waals surface area contributed by atoms with Crippen molar-refractivity contribution in [2.75, 3.05) is 0 Å². The quantitative estimate of drug-likeness (QED) is 0.519. The van der Waals surface area contributed by atoms with Gasteiger partial charge in [-0.2, -0.15) is 4.37 Å². The van der Waals surface area contributed by atoms with E-state index in [4.69, 9.17) is 6.57 Å². The third kappa shape index (κ3) is 1.04. The zero-order valence-corrected chi connectivity index (χ0v) is 4.98. The van der Waals surface area contributed by atoms with Gasteiger partial charge in [0.1, 0.15) is 5.69 Å². The molecule has 0 saturated carbocycles. The lowest BCUT2D eigenvalue weighted by Gasteiger charge is -1.73. The average molecular weight is 124 g/mol. The first kappa shape index (κ1) is 5.26. The van der Waals surface area contributed by atoms with E-state index in [-0.39, 0.29) is 0 Å². The van der Waals surface area contributed by atoms with Crippen LogP contribution in [0.15, 0.2) is 11.4 Å². The van der Waals surface area contributed by atoms with E-state index < -0.39 is 0 Å². The maximum Gasteiger partial charge on any atom is 0.257 e. The van der Waals surface area contributed by atoms with Crippen LogP contribution >= 0.6 is 11.5 Å². The van der Waals surface area contributed by atoms with E-state index >= 15 is 0 Å². The zero-order chi connectivity index (χ0) is 5.82. The normalized spacial score (nSPS) is 8.38. The lowest BCUT2D eigenvalue weighted by molar-refractivity contribution is 1.19. The van der Waals surface area contributed by atoms with Crippen LogP contribution in [0.5, 0.6) is 0 Å². The van der Waals surface area contributed by atoms with Crippen LogP contribution in [0.25, 0.3) is 4.85 Å². The molecule has 0 aliphatic heterocycles. The Morgan fingerprint density at radius 2 is 2.75 bits per heavy atom. The van der Waals surface area contributed by atoms with Crippen LogP contribution in [0.3, 0.4) is 0 Å². The molecule has 0 aromatic carbocycles. The largest absolute Gasteiger partial charge is 0.310 e. The van der Waals surface area contributed by atoms with Gasteiger partial charge in [-0.1, -0.05) is 0 Å². The minimum Gasteiger partial charge on any atom is -0.310 e. The summed E-state index contributed by atoms with van der Waals surface area (Å²) in [4.78, 5) is 3.17. The molecular formula is C5H4N2S. The molecule has 8 heavy (non-hydrogen) atoms. The molecule has 0 amide bonds. The number of hydrogen-bond acceptors (Lipinski definition) is 2. The Hall–Kier alpha value is -0.880. The summed E-state index contributed by atoms with van der Waals surface area (Å²) in [6.07, 6.45) is 0. The molecule has 40 valence electrons. The highest BCUT2D eigenvalue weighted by Gasteiger charge is 1.92. The van der Waals surface area contributed by atoms with Gasteiger partial charge < -0.3 is 4.85 Å². The Morgan fingerprint density at radius 3 is 3.25 bits per heavy atom. The van der Waals surface area contributed by atoms with Crippen LogP contribution in [0.1, 0.15) is 5.69 Å². The molecule has 1 rings (SSSR count). The van der Waals surface area contributed by atoms with E-state index in [0.29, 0.717) is 6.54 Å². The Labute approximate surface area is 51.8 Å². The lowest BCUT2D eigenvalue weighted by atomic mass is 10.4. The van der Waals surface area contributed by atoms with Crippen molar-refractivity contribution in [1.29, 1.82) is 0 Å². The van der Waals surface area contributed by atoms with Gasteiger partial charge in [0.25, 0.3) is 6.54 Å². The molecule has 0 spiro atoms. The van der Waals surface area contributed by atoms with E-state index in [2.05, 4.69) is 9.22 Å². The van der Waals surface area contributed by atoms with Crippen molar-refractivity contribution in [3.63, 3.8) is 0 Å². The zero-order valence-electron chi connectivity index (χ0n) is 4.16. The summed E-state index contributed by atoms with van der Waals surface area (Å²) < 4.78 is 3.93. The molecule has 0 radical (unpaired) electrons. The third-order valence-corrected chi connectivity index (χ3v) is 1.33. The van der Waals surface area contributed by atoms with Gasteiger partial charge >= 0.3 is 0 Å². The van der Waals surface area contributed by atoms with Crippen LogP contribution in [0, 0.1) is 6.57 Å². The molecule has 0 bridgehead atoms. The molecule has 0 fully saturated rings. The maximum atomic E-state index is 6.47. The fraction of sp³-hybridized carbons (Fsp3) is 0.200. The molecule has 0 N–H and O–H groups in total. The van der Waals surface area contributed by atoms with Crippen molar-refractivity contribution in [1.82, 2.24) is 4.37 Å². The van der Waals surface area contributed by atoms with Crippen LogP contribution in [-0.2, 0) is 6.54 Å². The first-order valence-corrected chi connectivity index (χ1v) is 2.99. The molecule has 0 saturated heterocycles. The summed E-state index contributed by atoms with van der Waals surface area (Å²) in [5, 5.41) is 1.88. The molecule has 3 heteroatoms. The van der Waals surface area contributed by atoms with Gasteiger partial charge in [-0.3, -0.25) is 0 Å². The minimum atomic E-state index is 0.420. The molecule has 0 unspecified atom stereocenters. The number of rotatable bonds is 1. The molecule has 2 nitrogen and oxygen atoms in total. The second kappa shape index (κ2) is 2.43. The van der Waals surface area contributed by atoms with Gasteiger partial charge in [0.2, 0.25) is 0 Å². The number of nitrogens with zero attached hydrogens (tertiary/aromatic N) is 2. The van der Waals surface area contributed by atoms with Gasteiger partial charge in [-0.15, -0.1) is 0 Å². The summed E-state index contributed by atoms with van der Waals surface area (Å²) in [6.45, 7) is 6.89. The first-order valence-electron chi connectivity index (χ1n) is 2.16. The topological polar surface area (TPSA) is 17.2 Å². The van der Waals surface area contributed by atoms with Crippen molar-refractivity contribution in [2.24, 2.45) is 0 Å². The number of hydrogen-bond donors (Lipinski definition) is 0. The molecule has 1 aromatic rings. The van der Waals surface area contributed by atoms with Gasteiger partial charge in [-0.05, 0) is 17.6 Å². The van der Waals surface area contributed by atoms with Crippen molar-refractivity contribution in [2.45, 2.75) is 6.54 Å². The summed E-state index contributed by atoms with van der Waals surface area (Å²) in [5.41, 5.74) is 0.880. The highest BCUT2D eigenvalue weighted by Crippen LogP contribution is 1.99. The van der Waals surface area contributed by atoms with E-state index in [9.17, 15) is 0 Å². The maximum absolute atomic E-state index is 6.47. The molecular weight excluding hydrogens is 120 g/mol. The van der Waals surface area contributed by atoms with Crippen molar-refractivity contribution >= 4 is 11.5 Å². The van der Waals surface area contributed by atoms with Crippen molar-refractivity contribution < 1.29 is 0 Å². The Bertz CT molecular complexity index is 185. The van der Waals surface area contributed by atoms with Gasteiger partial charge in [-0.25, -0.2) is 6.57 Å². The predicted octanol–water partition coefficient (Wildman–Crippen LogP) is 1.56. The van der Waals surface area contributed by atoms with E-state index in [1.807, 2.05) is 11.4 Å². The van der Waals surface area contributed by atoms with Crippen LogP contribution in [0.4, 0.5) is 0 Å². The predicted molar refractivity (Wildman–Crippen MR) is 32.4 cm³/mol. The summed E-state index contributed by atoms with van der Waals surface area (Å²) in [5.74, 6) is 0. The van der Waals surface area contributed by atoms with Gasteiger partial charge in [0.05, 0.1) is 0 Å². The monoisotopic (exact) mass is 124 g/mol. The highest BCUT2D eigenvalue weighted by atomic mass is 32.1. The second-order valence-electron chi connectivity index (χ2n) is 1.31. The van der Waals surface area contributed by atoms with E-state index in [1.165, 1.54) is 11.5 Å². The molecule has 0 aliphatic rings. The number of aromatic nitrogens is 1. The van der Waals surface area contributed by atoms with Crippen LogP contribution in [0.2, 0.25) is 0 Å². The molecule has 1 aromatic heterocycles. The SMILES string of the molecule is [C-]#[N+]Cc1ccsn1. The molecule has 1 heterocycles. The smallest absolute Gasteiger partial charge is 0.257 e. The van der Waals surface area contributed by atoms with Gasteiger partial charge in [0.15, 0.2) is 0 Å². The highest BCUT2D eigenvalue weighted by molar-refractivity contribution is 7.03. The van der Waals surface area contributed by atoms with E-state index in [0.717, 1.165) is 5.69 Å². The average Bonchev–Trinajstić information content (AvgIpc) is 2.19. The summed E-state index contributed by atoms with van der Waals surface area (Å²) in [6, 6.07) is 1.86.